The van der Waals surface area contributed by atoms with Gasteiger partial charge in [0.1, 0.15) is 11.8 Å². The first-order valence-electron chi connectivity index (χ1n) is 14.8. The maximum atomic E-state index is 13.0. The van der Waals surface area contributed by atoms with E-state index in [9.17, 15) is 24.0 Å². The van der Waals surface area contributed by atoms with Gasteiger partial charge < -0.3 is 14.5 Å². The third kappa shape index (κ3) is 5.78. The lowest BCUT2D eigenvalue weighted by Gasteiger charge is -2.31. The van der Waals surface area contributed by atoms with Crippen molar-refractivity contribution >= 4 is 29.5 Å². The first-order chi connectivity index (χ1) is 20.4. The Labute approximate surface area is 243 Å². The number of piperidine rings is 3. The fraction of sp³-hybridized carbons (Fsp3) is 0.552. The topological polar surface area (TPSA) is 147 Å². The van der Waals surface area contributed by atoms with Gasteiger partial charge in [0.15, 0.2) is 6.61 Å². The van der Waals surface area contributed by atoms with E-state index in [1.54, 1.807) is 4.90 Å². The number of aromatic nitrogens is 3. The second-order valence-electron chi connectivity index (χ2n) is 11.4. The minimum absolute atomic E-state index is 0.0518. The van der Waals surface area contributed by atoms with Crippen LogP contribution in [0.25, 0.3) is 0 Å². The largest absolute Gasteiger partial charge is 0.484 e. The van der Waals surface area contributed by atoms with Gasteiger partial charge in [-0.05, 0) is 63.4 Å². The molecule has 4 aliphatic heterocycles. The van der Waals surface area contributed by atoms with Gasteiger partial charge >= 0.3 is 0 Å². The van der Waals surface area contributed by atoms with Gasteiger partial charge in [0.05, 0.1) is 22.9 Å². The van der Waals surface area contributed by atoms with E-state index in [2.05, 4.69) is 20.5 Å². The zero-order chi connectivity index (χ0) is 29.2. The van der Waals surface area contributed by atoms with E-state index in [4.69, 9.17) is 4.74 Å². The SMILES string of the molecule is O=C1CCC(N2C(=O)c3ccc(OCC(=O)N4CCC(n5cc(CCN6CCCCC6)nn5)CC4)cc3C2=O)C(=O)N1. The Balaban J connectivity index is 0.982. The zero-order valence-electron chi connectivity index (χ0n) is 23.5. The van der Waals surface area contributed by atoms with Crippen molar-refractivity contribution in [2.75, 3.05) is 39.3 Å². The van der Waals surface area contributed by atoms with Gasteiger partial charge in [-0.15, -0.1) is 5.10 Å². The molecule has 3 saturated heterocycles. The molecule has 2 aromatic rings. The zero-order valence-corrected chi connectivity index (χ0v) is 23.5. The maximum Gasteiger partial charge on any atom is 0.262 e. The van der Waals surface area contributed by atoms with Crippen molar-refractivity contribution in [1.29, 1.82) is 0 Å². The summed E-state index contributed by atoms with van der Waals surface area (Å²) in [7, 11) is 0. The van der Waals surface area contributed by atoms with Crippen LogP contribution in [0.1, 0.15) is 77.4 Å². The van der Waals surface area contributed by atoms with E-state index in [1.165, 1.54) is 37.5 Å². The number of nitrogens with one attached hydrogen (secondary N) is 1. The average Bonchev–Trinajstić information content (AvgIpc) is 3.58. The number of ether oxygens (including phenoxy) is 1. The number of carbonyl (C=O) groups excluding carboxylic acids is 5. The second-order valence-corrected chi connectivity index (χ2v) is 11.4. The summed E-state index contributed by atoms with van der Waals surface area (Å²) in [4.78, 5) is 67.7. The summed E-state index contributed by atoms with van der Waals surface area (Å²) in [6, 6.07) is 3.58. The number of nitrogens with zero attached hydrogens (tertiary/aromatic N) is 6. The molecule has 1 unspecified atom stereocenters. The molecule has 4 aliphatic rings. The van der Waals surface area contributed by atoms with Gasteiger partial charge in [-0.25, -0.2) is 4.68 Å². The minimum atomic E-state index is -1.03. The van der Waals surface area contributed by atoms with E-state index in [0.29, 0.717) is 13.1 Å². The molecule has 0 aliphatic carbocycles. The molecular formula is C29H35N7O6. The standard InChI is InChI=1S/C29H35N7O6/c37-25-7-6-24(27(39)30-25)36-28(40)22-5-4-21(16-23(22)29(36)41)42-18-26(38)34-14-9-20(10-15-34)35-17-19(31-32-35)8-13-33-11-2-1-3-12-33/h4-5,16-17,20,24H,1-3,6-15,18H2,(H,30,37,39). The highest BCUT2D eigenvalue weighted by molar-refractivity contribution is 6.23. The van der Waals surface area contributed by atoms with E-state index in [0.717, 1.165) is 49.5 Å². The van der Waals surface area contributed by atoms with Gasteiger partial charge in [0, 0.05) is 38.7 Å². The molecule has 1 N–H and O–H groups in total. The predicted molar refractivity (Wildman–Crippen MR) is 147 cm³/mol. The fourth-order valence-corrected chi connectivity index (χ4v) is 6.22. The molecule has 42 heavy (non-hydrogen) atoms. The summed E-state index contributed by atoms with van der Waals surface area (Å²) in [5.41, 5.74) is 1.27. The van der Waals surface area contributed by atoms with Crippen LogP contribution >= 0.6 is 0 Å². The molecule has 222 valence electrons. The van der Waals surface area contributed by atoms with Crippen LogP contribution in [-0.2, 0) is 20.8 Å². The third-order valence-corrected chi connectivity index (χ3v) is 8.66. The first kappa shape index (κ1) is 28.0. The summed E-state index contributed by atoms with van der Waals surface area (Å²) >= 11 is 0. The van der Waals surface area contributed by atoms with Crippen molar-refractivity contribution in [3.05, 3.63) is 41.2 Å². The van der Waals surface area contributed by atoms with Crippen molar-refractivity contribution < 1.29 is 28.7 Å². The Bertz CT molecular complexity index is 1390. The molecule has 6 rings (SSSR count). The number of imide groups is 2. The Morgan fingerprint density at radius 3 is 2.48 bits per heavy atom. The summed E-state index contributed by atoms with van der Waals surface area (Å²) in [6.45, 7) is 4.29. The quantitative estimate of drug-likeness (QED) is 0.453. The smallest absolute Gasteiger partial charge is 0.262 e. The Hall–Kier alpha value is -4.13. The molecule has 0 radical (unpaired) electrons. The number of hydrogen-bond donors (Lipinski definition) is 1. The molecule has 1 aromatic carbocycles. The predicted octanol–water partition coefficient (Wildman–Crippen LogP) is 0.950. The van der Waals surface area contributed by atoms with Gasteiger partial charge in [-0.1, -0.05) is 11.6 Å². The van der Waals surface area contributed by atoms with E-state index >= 15 is 0 Å². The van der Waals surface area contributed by atoms with Crippen molar-refractivity contribution in [3.8, 4) is 5.75 Å². The molecule has 5 amide bonds. The summed E-state index contributed by atoms with van der Waals surface area (Å²) in [6.07, 6.45) is 8.48. The second kappa shape index (κ2) is 12.0. The van der Waals surface area contributed by atoms with Gasteiger partial charge in [-0.2, -0.15) is 0 Å². The van der Waals surface area contributed by atoms with Gasteiger partial charge in [-0.3, -0.25) is 34.2 Å². The van der Waals surface area contributed by atoms with Crippen molar-refractivity contribution in [1.82, 2.24) is 35.0 Å². The molecular weight excluding hydrogens is 542 g/mol. The highest BCUT2D eigenvalue weighted by Crippen LogP contribution is 2.30. The average molecular weight is 578 g/mol. The molecule has 1 atom stereocenters. The van der Waals surface area contributed by atoms with Crippen LogP contribution in [0, 0.1) is 0 Å². The third-order valence-electron chi connectivity index (χ3n) is 8.66. The van der Waals surface area contributed by atoms with Crippen LogP contribution in [0.15, 0.2) is 24.4 Å². The molecule has 5 heterocycles. The van der Waals surface area contributed by atoms with E-state index in [-0.39, 0.29) is 48.3 Å². The number of amides is 5. The number of fused-ring (bicyclic) bond motifs is 1. The molecule has 0 spiro atoms. The molecule has 13 heteroatoms. The minimum Gasteiger partial charge on any atom is -0.484 e. The first-order valence-corrected chi connectivity index (χ1v) is 14.8. The van der Waals surface area contributed by atoms with Crippen molar-refractivity contribution in [3.63, 3.8) is 0 Å². The van der Waals surface area contributed by atoms with Crippen LogP contribution in [0.3, 0.4) is 0 Å². The van der Waals surface area contributed by atoms with Crippen LogP contribution in [-0.4, -0.2) is 105 Å². The lowest BCUT2D eigenvalue weighted by molar-refractivity contribution is -0.136. The van der Waals surface area contributed by atoms with E-state index < -0.39 is 29.7 Å². The highest BCUT2D eigenvalue weighted by atomic mass is 16.5. The summed E-state index contributed by atoms with van der Waals surface area (Å²) in [5, 5.41) is 10.9. The number of rotatable bonds is 8. The normalized spacial score (nSPS) is 22.0. The number of hydrogen-bond acceptors (Lipinski definition) is 9. The Morgan fingerprint density at radius 2 is 1.71 bits per heavy atom. The number of likely N-dealkylation sites (tertiary alicyclic amines) is 2. The summed E-state index contributed by atoms with van der Waals surface area (Å²) in [5.74, 6) is -2.18. The molecule has 1 aromatic heterocycles. The summed E-state index contributed by atoms with van der Waals surface area (Å²) < 4.78 is 7.64. The highest BCUT2D eigenvalue weighted by Gasteiger charge is 2.44. The molecule has 0 saturated carbocycles. The monoisotopic (exact) mass is 577 g/mol. The van der Waals surface area contributed by atoms with Crippen molar-refractivity contribution in [2.45, 2.75) is 63.5 Å². The maximum absolute atomic E-state index is 13.0. The van der Waals surface area contributed by atoms with Crippen molar-refractivity contribution in [2.24, 2.45) is 0 Å². The lowest BCUT2D eigenvalue weighted by Crippen LogP contribution is -2.54. The van der Waals surface area contributed by atoms with Crippen LogP contribution in [0.4, 0.5) is 0 Å². The molecule has 13 nitrogen and oxygen atoms in total. The van der Waals surface area contributed by atoms with Crippen LogP contribution in [0.5, 0.6) is 5.75 Å². The van der Waals surface area contributed by atoms with Crippen LogP contribution < -0.4 is 10.1 Å². The Kier molecular flexibility index (Phi) is 8.00. The number of carbonyl (C=O) groups is 5. The van der Waals surface area contributed by atoms with Crippen LogP contribution in [0.2, 0.25) is 0 Å². The fourth-order valence-electron chi connectivity index (χ4n) is 6.22. The van der Waals surface area contributed by atoms with E-state index in [1.807, 2.05) is 10.9 Å². The molecule has 3 fully saturated rings. The van der Waals surface area contributed by atoms with Gasteiger partial charge in [0.2, 0.25) is 11.8 Å². The Morgan fingerprint density at radius 1 is 0.952 bits per heavy atom. The lowest BCUT2D eigenvalue weighted by atomic mass is 10.0. The number of benzene rings is 1. The van der Waals surface area contributed by atoms with Gasteiger partial charge in [0.25, 0.3) is 17.7 Å². The molecule has 0 bridgehead atoms.